The number of sulfonamides is 1. The van der Waals surface area contributed by atoms with Crippen molar-refractivity contribution in [2.24, 2.45) is 5.41 Å². The Morgan fingerprint density at radius 1 is 0.912 bits per heavy atom. The van der Waals surface area contributed by atoms with E-state index in [1.54, 1.807) is 24.3 Å². The Kier molecular flexibility index (Phi) is 13.6. The molecule has 16 heteroatoms. The van der Waals surface area contributed by atoms with E-state index in [-0.39, 0.29) is 22.4 Å². The van der Waals surface area contributed by atoms with Crippen LogP contribution in [0.3, 0.4) is 0 Å². The molecule has 2 fully saturated rings. The number of carbonyl (C=O) groups excluding carboxylic acids is 1. The number of rotatable bonds is 14. The maximum Gasteiger partial charge on any atom is 0.293 e. The number of amides is 1. The fourth-order valence-corrected chi connectivity index (χ4v) is 10.7. The number of piperidine rings is 1. The lowest BCUT2D eigenvalue weighted by atomic mass is 9.72. The van der Waals surface area contributed by atoms with Crippen molar-refractivity contribution in [1.29, 1.82) is 0 Å². The van der Waals surface area contributed by atoms with Crippen molar-refractivity contribution in [3.63, 3.8) is 0 Å². The highest BCUT2D eigenvalue weighted by Crippen LogP contribution is 2.43. The third-order valence-electron chi connectivity index (χ3n) is 13.5. The summed E-state index contributed by atoms with van der Waals surface area (Å²) in [5.74, 6) is -0.370. The van der Waals surface area contributed by atoms with Crippen LogP contribution in [0.2, 0.25) is 5.02 Å². The van der Waals surface area contributed by atoms with Crippen molar-refractivity contribution in [2.45, 2.75) is 63.1 Å². The number of hydrogen-bond donors (Lipinski definition) is 4. The summed E-state index contributed by atoms with van der Waals surface area (Å²) in [5.41, 5.74) is 6.67. The van der Waals surface area contributed by atoms with E-state index >= 15 is 0 Å². The Morgan fingerprint density at radius 2 is 1.69 bits per heavy atom. The topological polar surface area (TPSA) is 173 Å². The van der Waals surface area contributed by atoms with Gasteiger partial charge in [0.05, 0.1) is 27.5 Å². The zero-order valence-electron chi connectivity index (χ0n) is 38.2. The number of fused-ring (bicyclic) bond motifs is 1. The summed E-state index contributed by atoms with van der Waals surface area (Å²) in [7, 11) is -4.62. The van der Waals surface area contributed by atoms with Gasteiger partial charge < -0.3 is 25.0 Å². The molecule has 1 amide bonds. The van der Waals surface area contributed by atoms with Crippen LogP contribution in [0.15, 0.2) is 132 Å². The minimum absolute atomic E-state index is 0.0348. The molecule has 68 heavy (non-hydrogen) atoms. The van der Waals surface area contributed by atoms with Gasteiger partial charge in [0.15, 0.2) is 0 Å². The van der Waals surface area contributed by atoms with Gasteiger partial charge in [-0.3, -0.25) is 24.7 Å². The molecule has 0 saturated carbocycles. The highest BCUT2D eigenvalue weighted by molar-refractivity contribution is 7.90. The first-order chi connectivity index (χ1) is 32.7. The predicted octanol–water partition coefficient (Wildman–Crippen LogP) is 9.47. The number of hydrogen-bond acceptors (Lipinski definition) is 11. The number of nitrogens with zero attached hydrogens (tertiary/aromatic N) is 4. The van der Waals surface area contributed by atoms with Gasteiger partial charge in [0.1, 0.15) is 17.2 Å². The summed E-state index contributed by atoms with van der Waals surface area (Å²) in [6.07, 6.45) is 4.67. The average Bonchev–Trinajstić information content (AvgIpc) is 3.79. The fourth-order valence-electron chi connectivity index (χ4n) is 9.64. The number of nitro groups is 1. The van der Waals surface area contributed by atoms with Gasteiger partial charge in [0.2, 0.25) is 0 Å². The first-order valence-electron chi connectivity index (χ1n) is 23.1. The minimum atomic E-state index is -4.62. The number of aliphatic hydroxyl groups is 1. The number of ether oxygens (including phenoxy) is 1. The number of β-amino-alcohol motifs (C(OH)–C–C–N with tert-alkyl or cyclic N) is 1. The lowest BCUT2D eigenvalue weighted by Gasteiger charge is -2.39. The third-order valence-corrected chi connectivity index (χ3v) is 15.0. The number of piperazine rings is 1. The first kappa shape index (κ1) is 46.9. The molecule has 354 valence electrons. The highest BCUT2D eigenvalue weighted by Gasteiger charge is 2.33. The molecule has 1 aliphatic carbocycles. The standard InChI is InChI=1S/C52H56ClN7O7S/c1-52(2)21-18-38(44(31-52)36-8-10-39(53)11-9-36)33-57-24-26-59(27-25-57)40-12-15-43(50(29-40)67-41-13-16-45-37(28-41)19-22-54-45)51(62)56-68(65,66)42-14-17-46(48(30-42)60(63)64)55-47-20-23-58(34-49(47)61)32-35-6-4-3-5-7-35/h3-17,19,22,28-30,47,49,54-55,61H,18,20-21,23-27,31-34H2,1-2H3,(H,56,62). The summed E-state index contributed by atoms with van der Waals surface area (Å²) in [5, 5.41) is 28.1. The van der Waals surface area contributed by atoms with Crippen LogP contribution in [0.4, 0.5) is 17.1 Å². The average molecular weight is 959 g/mol. The number of aliphatic hydroxyl groups excluding tert-OH is 1. The van der Waals surface area contributed by atoms with Crippen LogP contribution in [-0.2, 0) is 16.6 Å². The van der Waals surface area contributed by atoms with Gasteiger partial charge in [0.25, 0.3) is 21.6 Å². The number of halogens is 1. The third kappa shape index (κ3) is 10.9. The molecule has 2 unspecified atom stereocenters. The number of nitrogens with one attached hydrogen (secondary N) is 3. The number of benzene rings is 5. The molecule has 3 heterocycles. The van der Waals surface area contributed by atoms with Crippen molar-refractivity contribution >= 4 is 61.1 Å². The van der Waals surface area contributed by atoms with Crippen molar-refractivity contribution in [3.05, 3.63) is 159 Å². The second kappa shape index (κ2) is 19.8. The number of aromatic nitrogens is 1. The number of anilines is 2. The van der Waals surface area contributed by atoms with E-state index in [0.717, 1.165) is 85.2 Å². The summed E-state index contributed by atoms with van der Waals surface area (Å²) in [4.78, 5) is 35.3. The van der Waals surface area contributed by atoms with E-state index in [9.17, 15) is 28.4 Å². The van der Waals surface area contributed by atoms with Crippen LogP contribution in [0.5, 0.6) is 11.5 Å². The quantitative estimate of drug-likeness (QED) is 0.0605. The zero-order valence-corrected chi connectivity index (χ0v) is 39.7. The lowest BCUT2D eigenvalue weighted by molar-refractivity contribution is -0.384. The largest absolute Gasteiger partial charge is 0.456 e. The van der Waals surface area contributed by atoms with Gasteiger partial charge in [-0.1, -0.05) is 73.5 Å². The van der Waals surface area contributed by atoms with Gasteiger partial charge in [0, 0.05) is 92.3 Å². The molecule has 2 saturated heterocycles. The Balaban J connectivity index is 0.906. The second-order valence-corrected chi connectivity index (χ2v) is 21.0. The second-order valence-electron chi connectivity index (χ2n) is 18.9. The van der Waals surface area contributed by atoms with E-state index < -0.39 is 43.6 Å². The lowest BCUT2D eigenvalue weighted by Crippen LogP contribution is -2.49. The Bertz CT molecular complexity index is 2950. The van der Waals surface area contributed by atoms with Gasteiger partial charge in [-0.2, -0.15) is 0 Å². The van der Waals surface area contributed by atoms with Gasteiger partial charge in [-0.25, -0.2) is 13.1 Å². The molecule has 2 atom stereocenters. The Morgan fingerprint density at radius 3 is 2.44 bits per heavy atom. The molecular formula is C52H56ClN7O7S. The van der Waals surface area contributed by atoms with E-state index in [1.807, 2.05) is 66.9 Å². The molecule has 0 spiro atoms. The number of aromatic amines is 1. The molecule has 14 nitrogen and oxygen atoms in total. The van der Waals surface area contributed by atoms with Gasteiger partial charge >= 0.3 is 0 Å². The monoisotopic (exact) mass is 957 g/mol. The van der Waals surface area contributed by atoms with Crippen LogP contribution in [-0.4, -0.2) is 97.1 Å². The predicted molar refractivity (Wildman–Crippen MR) is 267 cm³/mol. The first-order valence-corrected chi connectivity index (χ1v) is 24.9. The van der Waals surface area contributed by atoms with Crippen LogP contribution >= 0.6 is 11.6 Å². The molecule has 3 aliphatic rings. The molecule has 5 aromatic carbocycles. The van der Waals surface area contributed by atoms with Crippen LogP contribution < -0.4 is 19.7 Å². The van der Waals surface area contributed by atoms with E-state index in [4.69, 9.17) is 16.3 Å². The van der Waals surface area contributed by atoms with E-state index in [2.05, 4.69) is 55.7 Å². The summed E-state index contributed by atoms with van der Waals surface area (Å²) in [6, 6.07) is 33.5. The Hall–Kier alpha value is -6.23. The number of carbonyl (C=O) groups is 1. The maximum absolute atomic E-state index is 14.1. The molecule has 6 aromatic rings. The van der Waals surface area contributed by atoms with Gasteiger partial charge in [-0.05, 0) is 108 Å². The number of H-pyrrole nitrogens is 1. The fraction of sp³-hybridized carbons (Fsp3) is 0.327. The smallest absolute Gasteiger partial charge is 0.293 e. The Labute approximate surface area is 401 Å². The van der Waals surface area contributed by atoms with Crippen molar-refractivity contribution in [3.8, 4) is 11.5 Å². The molecular weight excluding hydrogens is 902 g/mol. The highest BCUT2D eigenvalue weighted by atomic mass is 35.5. The van der Waals surface area contributed by atoms with Crippen molar-refractivity contribution in [1.82, 2.24) is 19.5 Å². The number of nitro benzene ring substituents is 1. The SMILES string of the molecule is CC1(C)CCC(CN2CCN(c3ccc(C(=O)NS(=O)(=O)c4ccc(NC5CCN(Cc6ccccc6)CC5O)c([N+](=O)[O-])c4)c(Oc4ccc5[nH]ccc5c4)c3)CC2)=C(c2ccc(Cl)cc2)C1. The maximum atomic E-state index is 14.1. The van der Waals surface area contributed by atoms with E-state index in [1.165, 1.54) is 28.8 Å². The molecule has 2 aliphatic heterocycles. The summed E-state index contributed by atoms with van der Waals surface area (Å²) in [6.45, 7) is 10.3. The van der Waals surface area contributed by atoms with Crippen LogP contribution in [0, 0.1) is 15.5 Å². The summed E-state index contributed by atoms with van der Waals surface area (Å²) >= 11 is 6.25. The minimum Gasteiger partial charge on any atom is -0.456 e. The zero-order chi connectivity index (χ0) is 47.6. The normalized spacial score (nSPS) is 19.2. The van der Waals surface area contributed by atoms with Crippen molar-refractivity contribution in [2.75, 3.05) is 56.0 Å². The summed E-state index contributed by atoms with van der Waals surface area (Å²) < 4.78 is 36.3. The molecule has 9 rings (SSSR count). The molecule has 0 radical (unpaired) electrons. The van der Waals surface area contributed by atoms with Crippen LogP contribution in [0.25, 0.3) is 16.5 Å². The molecule has 0 bridgehead atoms. The van der Waals surface area contributed by atoms with Gasteiger partial charge in [-0.15, -0.1) is 0 Å². The van der Waals surface area contributed by atoms with E-state index in [0.29, 0.717) is 31.8 Å². The molecule has 4 N–H and O–H groups in total. The van der Waals surface area contributed by atoms with Crippen molar-refractivity contribution < 1.29 is 28.0 Å². The molecule has 1 aromatic heterocycles. The number of likely N-dealkylation sites (tertiary alicyclic amines) is 1. The number of allylic oxidation sites excluding steroid dienone is 1. The van der Waals surface area contributed by atoms with Crippen LogP contribution in [0.1, 0.15) is 61.0 Å².